The molecule has 0 bridgehead atoms. The van der Waals surface area contributed by atoms with Crippen molar-refractivity contribution in [1.82, 2.24) is 0 Å². The molecule has 0 heterocycles. The van der Waals surface area contributed by atoms with Crippen molar-refractivity contribution >= 4 is 5.69 Å². The molecule has 82 valence electrons. The fourth-order valence-electron chi connectivity index (χ4n) is 1.53. The number of nitrogens with zero attached hydrogens (tertiary/aromatic N) is 1. The Balaban J connectivity index is 0.00000144. The molecule has 2 rings (SSSR count). The van der Waals surface area contributed by atoms with E-state index in [1.54, 1.807) is 0 Å². The van der Waals surface area contributed by atoms with Crippen molar-refractivity contribution in [2.45, 2.75) is 20.4 Å². The second-order valence-electron chi connectivity index (χ2n) is 4.14. The van der Waals surface area contributed by atoms with Crippen molar-refractivity contribution in [2.75, 3.05) is 0 Å². The number of hydrogen-bond acceptors (Lipinski definition) is 0. The van der Waals surface area contributed by atoms with Crippen LogP contribution in [0.25, 0.3) is 5.32 Å². The van der Waals surface area contributed by atoms with E-state index in [4.69, 9.17) is 0 Å². The van der Waals surface area contributed by atoms with Gasteiger partial charge in [0.15, 0.2) is 0 Å². The van der Waals surface area contributed by atoms with Gasteiger partial charge >= 0.3 is 18.9 Å². The molecule has 0 atom stereocenters. The average molecular weight is 217 g/mol. The summed E-state index contributed by atoms with van der Waals surface area (Å²) in [6, 6.07) is 16.8. The fourth-order valence-corrected chi connectivity index (χ4v) is 1.53. The van der Waals surface area contributed by atoms with Crippen molar-refractivity contribution in [1.29, 1.82) is 0 Å². The van der Waals surface area contributed by atoms with Gasteiger partial charge in [0.25, 0.3) is 0 Å². The van der Waals surface area contributed by atoms with Crippen LogP contribution in [0.5, 0.6) is 0 Å². The van der Waals surface area contributed by atoms with Gasteiger partial charge in [0, 0.05) is 0 Å². The summed E-state index contributed by atoms with van der Waals surface area (Å²) in [7, 11) is 0. The third-order valence-electron chi connectivity index (χ3n) is 2.60. The molecule has 0 saturated carbocycles. The summed E-state index contributed by atoms with van der Waals surface area (Å²) in [4.78, 5) is 0. The van der Waals surface area contributed by atoms with Crippen LogP contribution in [0.15, 0.2) is 48.5 Å². The summed E-state index contributed by atoms with van der Waals surface area (Å²) < 4.78 is 0. The first-order valence-electron chi connectivity index (χ1n) is 5.54. The van der Waals surface area contributed by atoms with E-state index >= 15 is 0 Å². The summed E-state index contributed by atoms with van der Waals surface area (Å²) in [5.74, 6) is 0. The monoisotopic (exact) mass is 217 g/mol. The Morgan fingerprint density at radius 3 is 1.76 bits per heavy atom. The van der Waals surface area contributed by atoms with Crippen LogP contribution in [0.3, 0.4) is 0 Å². The quantitative estimate of drug-likeness (QED) is 0.692. The van der Waals surface area contributed by atoms with Gasteiger partial charge in [-0.1, -0.05) is 65.2 Å². The number of aryl methyl sites for hydroxylation is 2. The van der Waals surface area contributed by atoms with Crippen molar-refractivity contribution in [2.24, 2.45) is 0 Å². The maximum atomic E-state index is 4.55. The van der Waals surface area contributed by atoms with Gasteiger partial charge in [0.1, 0.15) is 0 Å². The van der Waals surface area contributed by atoms with E-state index < -0.39 is 0 Å². The number of rotatable bonds is 3. The van der Waals surface area contributed by atoms with Crippen LogP contribution in [0, 0.1) is 13.8 Å². The number of benzene rings is 2. The maximum absolute atomic E-state index is 4.55. The topological polar surface area (TPSA) is 14.1 Å². The van der Waals surface area contributed by atoms with Crippen molar-refractivity contribution in [3.05, 3.63) is 70.5 Å². The van der Waals surface area contributed by atoms with Crippen molar-refractivity contribution in [3.8, 4) is 0 Å². The van der Waals surface area contributed by atoms with E-state index in [0.717, 1.165) is 12.2 Å². The molecule has 1 nitrogen and oxygen atoms in total. The summed E-state index contributed by atoms with van der Waals surface area (Å²) in [5, 5.41) is 4.55. The molecule has 0 saturated heterocycles. The van der Waals surface area contributed by atoms with Gasteiger partial charge in [-0.2, -0.15) is 0 Å². The van der Waals surface area contributed by atoms with Crippen molar-refractivity contribution < 1.29 is 18.9 Å². The zero-order valence-corrected chi connectivity index (χ0v) is 10.8. The molecule has 0 amide bonds. The predicted octanol–water partition coefficient (Wildman–Crippen LogP) is 1.51. The van der Waals surface area contributed by atoms with Crippen LogP contribution < -0.4 is 18.9 Å². The van der Waals surface area contributed by atoms with Gasteiger partial charge < -0.3 is 5.32 Å². The van der Waals surface area contributed by atoms with Crippen LogP contribution in [0.4, 0.5) is 5.69 Å². The van der Waals surface area contributed by atoms with Gasteiger partial charge in [-0.05, 0) is 13.8 Å². The molecule has 0 aliphatic carbocycles. The van der Waals surface area contributed by atoms with E-state index in [0.29, 0.717) is 0 Å². The smallest absolute Gasteiger partial charge is 0.681 e. The van der Waals surface area contributed by atoms with E-state index in [9.17, 15) is 0 Å². The molecular weight excluding hydrogens is 201 g/mol. The van der Waals surface area contributed by atoms with Gasteiger partial charge in [-0.25, -0.2) is 0 Å². The molecule has 0 aromatic heterocycles. The molecule has 0 N–H and O–H groups in total. The normalized spacial score (nSPS) is 9.53. The second-order valence-corrected chi connectivity index (χ2v) is 4.14. The SMILES string of the molecule is Cc1ccc(C[N-]c2ccc(C)cc2)cc1.[Li+]. The fraction of sp³-hybridized carbons (Fsp3) is 0.200. The van der Waals surface area contributed by atoms with Gasteiger partial charge in [-0.15, -0.1) is 12.2 Å². The standard InChI is InChI=1S/C15H16N.Li/c1-12-3-7-14(8-4-12)11-16-15-9-5-13(2)6-10-15;/h3-10H,11H2,1-2H3;/q-1;+1. The molecule has 17 heavy (non-hydrogen) atoms. The maximum Gasteiger partial charge on any atom is 1.00 e. The van der Waals surface area contributed by atoms with Crippen LogP contribution in [-0.4, -0.2) is 0 Å². The molecule has 0 spiro atoms. The summed E-state index contributed by atoms with van der Waals surface area (Å²) in [5.41, 5.74) is 4.87. The van der Waals surface area contributed by atoms with Gasteiger partial charge in [-0.3, -0.25) is 0 Å². The molecule has 0 radical (unpaired) electrons. The Kier molecular flexibility index (Phi) is 5.35. The van der Waals surface area contributed by atoms with E-state index in [2.05, 4.69) is 67.7 Å². The average Bonchev–Trinajstić information content (AvgIpc) is 2.30. The van der Waals surface area contributed by atoms with E-state index in [1.165, 1.54) is 16.7 Å². The summed E-state index contributed by atoms with van der Waals surface area (Å²) >= 11 is 0. The Morgan fingerprint density at radius 2 is 1.24 bits per heavy atom. The first kappa shape index (κ1) is 13.9. The molecule has 0 fully saturated rings. The Morgan fingerprint density at radius 1 is 0.765 bits per heavy atom. The Bertz CT molecular complexity index is 400. The van der Waals surface area contributed by atoms with E-state index in [-0.39, 0.29) is 18.9 Å². The van der Waals surface area contributed by atoms with Crippen molar-refractivity contribution in [3.63, 3.8) is 0 Å². The minimum absolute atomic E-state index is 0. The first-order chi connectivity index (χ1) is 7.74. The third-order valence-corrected chi connectivity index (χ3v) is 2.60. The molecule has 2 aromatic rings. The van der Waals surface area contributed by atoms with Crippen LogP contribution >= 0.6 is 0 Å². The molecular formula is C15H16LiN. The molecule has 0 aliphatic heterocycles. The Hall–Kier alpha value is -1.16. The zero-order valence-electron chi connectivity index (χ0n) is 10.8. The van der Waals surface area contributed by atoms with Gasteiger partial charge in [0.05, 0.1) is 0 Å². The molecule has 0 unspecified atom stereocenters. The van der Waals surface area contributed by atoms with Gasteiger partial charge in [0.2, 0.25) is 0 Å². The molecule has 2 aromatic carbocycles. The molecule has 2 heteroatoms. The Labute approximate surface area is 115 Å². The largest absolute Gasteiger partial charge is 1.00 e. The number of hydrogen-bond donors (Lipinski definition) is 0. The van der Waals surface area contributed by atoms with Crippen LogP contribution in [0.2, 0.25) is 0 Å². The minimum Gasteiger partial charge on any atom is -0.681 e. The minimum atomic E-state index is 0. The van der Waals surface area contributed by atoms with Crippen LogP contribution in [0.1, 0.15) is 16.7 Å². The van der Waals surface area contributed by atoms with Crippen LogP contribution in [-0.2, 0) is 6.54 Å². The predicted molar refractivity (Wildman–Crippen MR) is 69.1 cm³/mol. The first-order valence-corrected chi connectivity index (χ1v) is 5.54. The summed E-state index contributed by atoms with van der Waals surface area (Å²) in [6.07, 6.45) is 0. The summed E-state index contributed by atoms with van der Waals surface area (Å²) in [6.45, 7) is 4.94. The van der Waals surface area contributed by atoms with E-state index in [1.807, 2.05) is 0 Å². The second kappa shape index (κ2) is 6.54. The zero-order chi connectivity index (χ0) is 11.4. The molecule has 0 aliphatic rings. The third kappa shape index (κ3) is 4.30.